The number of rotatable bonds is 7. The molecule has 0 aliphatic heterocycles. The first kappa shape index (κ1) is 19.3. The van der Waals surface area contributed by atoms with Gasteiger partial charge >= 0.3 is 6.09 Å². The zero-order valence-corrected chi connectivity index (χ0v) is 14.8. The second-order valence-corrected chi connectivity index (χ2v) is 7.14. The minimum Gasteiger partial charge on any atom is -0.449 e. The summed E-state index contributed by atoms with van der Waals surface area (Å²) in [5.74, 6) is -0.333. The van der Waals surface area contributed by atoms with E-state index in [1.54, 1.807) is 6.07 Å². The normalized spacial score (nSPS) is 12.8. The number of amides is 2. The summed E-state index contributed by atoms with van der Waals surface area (Å²) in [4.78, 5) is 23.3. The van der Waals surface area contributed by atoms with E-state index < -0.39 is 23.5 Å². The second-order valence-electron chi connectivity index (χ2n) is 6.70. The monoisotopic (exact) mass is 340 g/mol. The lowest BCUT2D eigenvalue weighted by Gasteiger charge is -2.25. The molecular formula is C17H25ClN2O3. The lowest BCUT2D eigenvalue weighted by Crippen LogP contribution is -2.46. The van der Waals surface area contributed by atoms with Crippen molar-refractivity contribution in [3.8, 4) is 0 Å². The first-order chi connectivity index (χ1) is 10.6. The Hall–Kier alpha value is -1.75. The molecule has 1 aromatic rings. The van der Waals surface area contributed by atoms with Crippen LogP contribution >= 0.6 is 11.6 Å². The first-order valence-corrected chi connectivity index (χ1v) is 7.98. The van der Waals surface area contributed by atoms with Crippen molar-refractivity contribution in [2.75, 3.05) is 6.61 Å². The Morgan fingerprint density at radius 2 is 2.00 bits per heavy atom. The SMILES string of the molecule is CC(C)C[C@H](NC(=O)OCC(C)(C)c1cccc(Cl)c1)C(N)=O. The van der Waals surface area contributed by atoms with Gasteiger partial charge in [0.05, 0.1) is 0 Å². The van der Waals surface area contributed by atoms with Gasteiger partial charge in [0.2, 0.25) is 5.91 Å². The Morgan fingerprint density at radius 1 is 1.35 bits per heavy atom. The van der Waals surface area contributed by atoms with Crippen molar-refractivity contribution in [1.29, 1.82) is 0 Å². The number of hydrogen-bond donors (Lipinski definition) is 2. The molecule has 23 heavy (non-hydrogen) atoms. The van der Waals surface area contributed by atoms with E-state index in [1.165, 1.54) is 0 Å². The topological polar surface area (TPSA) is 81.4 Å². The highest BCUT2D eigenvalue weighted by molar-refractivity contribution is 6.30. The molecule has 2 amide bonds. The first-order valence-electron chi connectivity index (χ1n) is 7.60. The summed E-state index contributed by atoms with van der Waals surface area (Å²) in [6.07, 6.45) is -0.174. The maximum Gasteiger partial charge on any atom is 0.407 e. The third-order valence-corrected chi connectivity index (χ3v) is 3.75. The van der Waals surface area contributed by atoms with E-state index in [0.29, 0.717) is 11.4 Å². The predicted molar refractivity (Wildman–Crippen MR) is 91.4 cm³/mol. The third kappa shape index (κ3) is 6.48. The molecule has 0 saturated heterocycles. The average Bonchev–Trinajstić information content (AvgIpc) is 2.44. The number of primary amides is 1. The van der Waals surface area contributed by atoms with Gasteiger partial charge in [-0.15, -0.1) is 0 Å². The fraction of sp³-hybridized carbons (Fsp3) is 0.529. The van der Waals surface area contributed by atoms with Gasteiger partial charge in [-0.25, -0.2) is 4.79 Å². The van der Waals surface area contributed by atoms with Gasteiger partial charge in [0.25, 0.3) is 0 Å². The molecule has 0 aromatic heterocycles. The quantitative estimate of drug-likeness (QED) is 0.799. The molecule has 3 N–H and O–H groups in total. The number of carbonyl (C=O) groups excluding carboxylic acids is 2. The van der Waals surface area contributed by atoms with Crippen LogP contribution in [-0.2, 0) is 14.9 Å². The van der Waals surface area contributed by atoms with Crippen LogP contribution in [0.25, 0.3) is 0 Å². The zero-order valence-electron chi connectivity index (χ0n) is 14.1. The van der Waals surface area contributed by atoms with Crippen molar-refractivity contribution in [3.63, 3.8) is 0 Å². The van der Waals surface area contributed by atoms with Gasteiger partial charge in [0.1, 0.15) is 12.6 Å². The summed E-state index contributed by atoms with van der Waals surface area (Å²) in [6.45, 7) is 7.96. The molecule has 128 valence electrons. The van der Waals surface area contributed by atoms with Gasteiger partial charge in [-0.2, -0.15) is 0 Å². The summed E-state index contributed by atoms with van der Waals surface area (Å²) in [5.41, 5.74) is 5.86. The number of ether oxygens (including phenoxy) is 1. The predicted octanol–water partition coefficient (Wildman–Crippen LogP) is 3.24. The van der Waals surface area contributed by atoms with Crippen LogP contribution < -0.4 is 11.1 Å². The lowest BCUT2D eigenvalue weighted by atomic mass is 9.86. The van der Waals surface area contributed by atoms with E-state index in [1.807, 2.05) is 45.9 Å². The van der Waals surface area contributed by atoms with Crippen LogP contribution in [0.1, 0.15) is 39.7 Å². The minimum absolute atomic E-state index is 0.159. The molecule has 0 aliphatic carbocycles. The average molecular weight is 341 g/mol. The van der Waals surface area contributed by atoms with Gasteiger partial charge in [-0.05, 0) is 30.0 Å². The van der Waals surface area contributed by atoms with E-state index >= 15 is 0 Å². The fourth-order valence-corrected chi connectivity index (χ4v) is 2.33. The molecule has 0 bridgehead atoms. The number of benzene rings is 1. The summed E-state index contributed by atoms with van der Waals surface area (Å²) in [5, 5.41) is 3.15. The largest absolute Gasteiger partial charge is 0.449 e. The molecule has 0 radical (unpaired) electrons. The standard InChI is InChI=1S/C17H25ClN2O3/c1-11(2)8-14(15(19)21)20-16(22)23-10-17(3,4)12-6-5-7-13(18)9-12/h5-7,9,11,14H,8,10H2,1-4H3,(H2,19,21)(H,20,22)/t14-/m0/s1. The van der Waals surface area contributed by atoms with Crippen molar-refractivity contribution >= 4 is 23.6 Å². The highest BCUT2D eigenvalue weighted by Gasteiger charge is 2.25. The number of halogens is 1. The smallest absolute Gasteiger partial charge is 0.407 e. The number of hydrogen-bond acceptors (Lipinski definition) is 3. The molecule has 1 rings (SSSR count). The Bertz CT molecular complexity index is 559. The van der Waals surface area contributed by atoms with Gasteiger partial charge in [-0.1, -0.05) is 51.4 Å². The van der Waals surface area contributed by atoms with Gasteiger partial charge < -0.3 is 15.8 Å². The maximum absolute atomic E-state index is 11.9. The van der Waals surface area contributed by atoms with Crippen LogP contribution in [0.3, 0.4) is 0 Å². The van der Waals surface area contributed by atoms with Crippen LogP contribution in [-0.4, -0.2) is 24.6 Å². The van der Waals surface area contributed by atoms with Crippen molar-refractivity contribution in [3.05, 3.63) is 34.9 Å². The Balaban J connectivity index is 2.62. The highest BCUT2D eigenvalue weighted by Crippen LogP contribution is 2.25. The molecule has 0 spiro atoms. The maximum atomic E-state index is 11.9. The van der Waals surface area contributed by atoms with E-state index in [-0.39, 0.29) is 12.5 Å². The summed E-state index contributed by atoms with van der Waals surface area (Å²) >= 11 is 5.99. The Labute approximate surface area is 142 Å². The summed E-state index contributed by atoms with van der Waals surface area (Å²) < 4.78 is 5.26. The number of alkyl carbamates (subject to hydrolysis) is 1. The molecule has 0 aliphatic rings. The van der Waals surface area contributed by atoms with Crippen molar-refractivity contribution in [1.82, 2.24) is 5.32 Å². The van der Waals surface area contributed by atoms with Gasteiger partial charge in [0, 0.05) is 10.4 Å². The second kappa shape index (κ2) is 8.20. The third-order valence-electron chi connectivity index (χ3n) is 3.51. The van der Waals surface area contributed by atoms with Gasteiger partial charge in [0.15, 0.2) is 0 Å². The molecule has 0 saturated carbocycles. The van der Waals surface area contributed by atoms with Crippen LogP contribution in [0.15, 0.2) is 24.3 Å². The lowest BCUT2D eigenvalue weighted by molar-refractivity contribution is -0.120. The number of carbonyl (C=O) groups is 2. The van der Waals surface area contributed by atoms with Crippen LogP contribution in [0.2, 0.25) is 5.02 Å². The molecule has 1 aromatic carbocycles. The molecule has 0 fully saturated rings. The molecule has 0 heterocycles. The van der Waals surface area contributed by atoms with Crippen LogP contribution in [0.4, 0.5) is 4.79 Å². The molecular weight excluding hydrogens is 316 g/mol. The Kier molecular flexibility index (Phi) is 6.88. The summed E-state index contributed by atoms with van der Waals surface area (Å²) in [7, 11) is 0. The summed E-state index contributed by atoms with van der Waals surface area (Å²) in [6, 6.07) is 6.69. The van der Waals surface area contributed by atoms with E-state index in [2.05, 4.69) is 5.32 Å². The molecule has 1 atom stereocenters. The number of nitrogens with one attached hydrogen (secondary N) is 1. The van der Waals surface area contributed by atoms with E-state index in [4.69, 9.17) is 22.1 Å². The van der Waals surface area contributed by atoms with Crippen molar-refractivity contribution < 1.29 is 14.3 Å². The van der Waals surface area contributed by atoms with Gasteiger partial charge in [-0.3, -0.25) is 4.79 Å². The van der Waals surface area contributed by atoms with Crippen LogP contribution in [0.5, 0.6) is 0 Å². The highest BCUT2D eigenvalue weighted by atomic mass is 35.5. The zero-order chi connectivity index (χ0) is 17.6. The Morgan fingerprint density at radius 3 is 2.52 bits per heavy atom. The fourth-order valence-electron chi connectivity index (χ4n) is 2.14. The number of nitrogens with two attached hydrogens (primary N) is 1. The molecule has 6 heteroatoms. The molecule has 5 nitrogen and oxygen atoms in total. The van der Waals surface area contributed by atoms with Crippen LogP contribution in [0, 0.1) is 5.92 Å². The van der Waals surface area contributed by atoms with E-state index in [0.717, 1.165) is 5.56 Å². The van der Waals surface area contributed by atoms with Crippen molar-refractivity contribution in [2.45, 2.75) is 45.6 Å². The van der Waals surface area contributed by atoms with Crippen molar-refractivity contribution in [2.24, 2.45) is 11.7 Å². The molecule has 0 unspecified atom stereocenters. The minimum atomic E-state index is -0.725. The van der Waals surface area contributed by atoms with E-state index in [9.17, 15) is 9.59 Å².